The molecule has 1 aliphatic carbocycles. The number of halogens is 3. The second kappa shape index (κ2) is 8.64. The average Bonchev–Trinajstić information content (AvgIpc) is 3.00. The summed E-state index contributed by atoms with van der Waals surface area (Å²) in [6.45, 7) is 2.86. The van der Waals surface area contributed by atoms with Gasteiger partial charge in [-0.1, -0.05) is 6.92 Å². The summed E-state index contributed by atoms with van der Waals surface area (Å²) in [6.07, 6.45) is 0.702. The molecule has 0 saturated heterocycles. The highest BCUT2D eigenvalue weighted by molar-refractivity contribution is 5.85. The molecule has 1 amide bonds. The number of nitrogens with zero attached hydrogens (tertiary/aromatic N) is 1. The van der Waals surface area contributed by atoms with Crippen molar-refractivity contribution in [3.63, 3.8) is 0 Å². The molecule has 0 aromatic heterocycles. The molecule has 1 aliphatic rings. The molecule has 0 bridgehead atoms. The van der Waals surface area contributed by atoms with Crippen LogP contribution in [0.15, 0.2) is 0 Å². The molecule has 0 heterocycles. The van der Waals surface area contributed by atoms with E-state index in [0.717, 1.165) is 6.54 Å². The van der Waals surface area contributed by atoms with E-state index in [2.05, 4.69) is 5.32 Å². The Balaban J connectivity index is 0.00000256. The highest BCUT2D eigenvalue weighted by Gasteiger charge is 2.22. The fourth-order valence-electron chi connectivity index (χ4n) is 1.57. The third-order valence-electron chi connectivity index (χ3n) is 2.61. The zero-order chi connectivity index (χ0) is 12.0. The fraction of sp³-hybridized carbons (Fsp3) is 0.909. The number of hydrogen-bond acceptors (Lipinski definition) is 2. The maximum atomic E-state index is 12.2. The standard InChI is InChI=1S/C11H20F2N2O.ClH/c1-2-5-15(8-10(12)13)11(16)7-14-6-9-3-4-9;/h9-10,14H,2-8H2,1H3;1H. The van der Waals surface area contributed by atoms with E-state index in [-0.39, 0.29) is 24.9 Å². The molecule has 1 saturated carbocycles. The predicted molar refractivity (Wildman–Crippen MR) is 65.7 cm³/mol. The first kappa shape index (κ1) is 16.6. The third-order valence-corrected chi connectivity index (χ3v) is 2.61. The van der Waals surface area contributed by atoms with E-state index in [1.807, 2.05) is 6.92 Å². The summed E-state index contributed by atoms with van der Waals surface area (Å²) < 4.78 is 24.4. The van der Waals surface area contributed by atoms with Gasteiger partial charge >= 0.3 is 0 Å². The smallest absolute Gasteiger partial charge is 0.255 e. The van der Waals surface area contributed by atoms with Crippen LogP contribution >= 0.6 is 12.4 Å². The maximum Gasteiger partial charge on any atom is 0.255 e. The molecular formula is C11H21ClF2N2O. The molecular weight excluding hydrogens is 250 g/mol. The molecule has 6 heteroatoms. The first-order valence-corrected chi connectivity index (χ1v) is 5.90. The summed E-state index contributed by atoms with van der Waals surface area (Å²) in [5.41, 5.74) is 0. The molecule has 0 aromatic rings. The Kier molecular flexibility index (Phi) is 8.43. The van der Waals surface area contributed by atoms with Crippen molar-refractivity contribution >= 4 is 18.3 Å². The van der Waals surface area contributed by atoms with Gasteiger partial charge in [0, 0.05) is 6.54 Å². The minimum Gasteiger partial charge on any atom is -0.336 e. The number of alkyl halides is 2. The van der Waals surface area contributed by atoms with Crippen molar-refractivity contribution < 1.29 is 13.6 Å². The quantitative estimate of drug-likeness (QED) is 0.731. The van der Waals surface area contributed by atoms with Gasteiger partial charge in [-0.15, -0.1) is 12.4 Å². The van der Waals surface area contributed by atoms with E-state index in [1.165, 1.54) is 17.7 Å². The summed E-state index contributed by atoms with van der Waals surface area (Å²) in [5.74, 6) is 0.477. The fourth-order valence-corrected chi connectivity index (χ4v) is 1.57. The van der Waals surface area contributed by atoms with Crippen molar-refractivity contribution in [3.05, 3.63) is 0 Å². The van der Waals surface area contributed by atoms with Crippen molar-refractivity contribution in [2.45, 2.75) is 32.6 Å². The van der Waals surface area contributed by atoms with Gasteiger partial charge in [0.25, 0.3) is 6.43 Å². The maximum absolute atomic E-state index is 12.2. The lowest BCUT2D eigenvalue weighted by atomic mass is 10.3. The molecule has 0 unspecified atom stereocenters. The van der Waals surface area contributed by atoms with Crippen molar-refractivity contribution in [1.29, 1.82) is 0 Å². The van der Waals surface area contributed by atoms with Crippen LogP contribution in [-0.4, -0.2) is 43.4 Å². The van der Waals surface area contributed by atoms with Crippen LogP contribution in [0.1, 0.15) is 26.2 Å². The molecule has 0 aromatic carbocycles. The van der Waals surface area contributed by atoms with E-state index in [9.17, 15) is 13.6 Å². The van der Waals surface area contributed by atoms with Crippen LogP contribution in [0.2, 0.25) is 0 Å². The van der Waals surface area contributed by atoms with Gasteiger partial charge in [-0.3, -0.25) is 4.79 Å². The largest absolute Gasteiger partial charge is 0.336 e. The Hall–Kier alpha value is -0.420. The van der Waals surface area contributed by atoms with Gasteiger partial charge < -0.3 is 10.2 Å². The summed E-state index contributed by atoms with van der Waals surface area (Å²) in [4.78, 5) is 12.8. The Bertz CT molecular complexity index is 226. The van der Waals surface area contributed by atoms with E-state index in [1.54, 1.807) is 0 Å². The first-order chi connectivity index (χ1) is 7.63. The topological polar surface area (TPSA) is 32.3 Å². The minimum atomic E-state index is -2.45. The Labute approximate surface area is 107 Å². The van der Waals surface area contributed by atoms with Crippen LogP contribution in [0.3, 0.4) is 0 Å². The van der Waals surface area contributed by atoms with E-state index >= 15 is 0 Å². The third kappa shape index (κ3) is 7.49. The second-order valence-corrected chi connectivity index (χ2v) is 4.31. The van der Waals surface area contributed by atoms with E-state index in [4.69, 9.17) is 0 Å². The van der Waals surface area contributed by atoms with Crippen LogP contribution in [0.5, 0.6) is 0 Å². The Morgan fingerprint density at radius 3 is 2.59 bits per heavy atom. The van der Waals surface area contributed by atoms with Gasteiger partial charge in [0.1, 0.15) is 0 Å². The monoisotopic (exact) mass is 270 g/mol. The number of hydrogen-bond donors (Lipinski definition) is 1. The number of amides is 1. The van der Waals surface area contributed by atoms with Crippen LogP contribution in [0, 0.1) is 5.92 Å². The van der Waals surface area contributed by atoms with Gasteiger partial charge in [0.15, 0.2) is 0 Å². The van der Waals surface area contributed by atoms with Crippen molar-refractivity contribution in [2.75, 3.05) is 26.2 Å². The highest BCUT2D eigenvalue weighted by atomic mass is 35.5. The molecule has 0 spiro atoms. The Morgan fingerprint density at radius 1 is 1.47 bits per heavy atom. The molecule has 1 fully saturated rings. The SMILES string of the molecule is CCCN(CC(F)F)C(=O)CNCC1CC1.Cl. The van der Waals surface area contributed by atoms with Crippen molar-refractivity contribution in [3.8, 4) is 0 Å². The average molecular weight is 271 g/mol. The van der Waals surface area contributed by atoms with E-state index in [0.29, 0.717) is 18.9 Å². The van der Waals surface area contributed by atoms with Gasteiger partial charge in [0.05, 0.1) is 13.1 Å². The second-order valence-electron chi connectivity index (χ2n) is 4.31. The normalized spacial score (nSPS) is 14.6. The number of rotatable bonds is 8. The lowest BCUT2D eigenvalue weighted by Crippen LogP contribution is -2.41. The van der Waals surface area contributed by atoms with Gasteiger partial charge in [-0.05, 0) is 31.7 Å². The number of nitrogens with one attached hydrogen (secondary N) is 1. The lowest BCUT2D eigenvalue weighted by Gasteiger charge is -2.21. The molecule has 1 rings (SSSR count). The molecule has 0 aliphatic heterocycles. The summed E-state index contributed by atoms with van der Waals surface area (Å²) in [5, 5.41) is 3.02. The van der Waals surface area contributed by atoms with Gasteiger partial charge in [-0.2, -0.15) is 0 Å². The van der Waals surface area contributed by atoms with Crippen LogP contribution in [-0.2, 0) is 4.79 Å². The van der Waals surface area contributed by atoms with Crippen molar-refractivity contribution in [1.82, 2.24) is 10.2 Å². The number of carbonyl (C=O) groups excluding carboxylic acids is 1. The molecule has 1 N–H and O–H groups in total. The Morgan fingerprint density at radius 2 is 2.12 bits per heavy atom. The van der Waals surface area contributed by atoms with Gasteiger partial charge in [-0.25, -0.2) is 8.78 Å². The highest BCUT2D eigenvalue weighted by Crippen LogP contribution is 2.27. The summed E-state index contributed by atoms with van der Waals surface area (Å²) in [6, 6.07) is 0. The molecule has 17 heavy (non-hydrogen) atoms. The zero-order valence-corrected chi connectivity index (χ0v) is 10.9. The van der Waals surface area contributed by atoms with Crippen LogP contribution < -0.4 is 5.32 Å². The minimum absolute atomic E-state index is 0. The molecule has 102 valence electrons. The first-order valence-electron chi connectivity index (χ1n) is 5.90. The molecule has 3 nitrogen and oxygen atoms in total. The lowest BCUT2D eigenvalue weighted by molar-refractivity contribution is -0.132. The van der Waals surface area contributed by atoms with Crippen LogP contribution in [0.4, 0.5) is 8.78 Å². The van der Waals surface area contributed by atoms with Crippen molar-refractivity contribution in [2.24, 2.45) is 5.92 Å². The summed E-state index contributed by atoms with van der Waals surface area (Å²) >= 11 is 0. The predicted octanol–water partition coefficient (Wildman–Crippen LogP) is 1.91. The molecule has 0 radical (unpaired) electrons. The van der Waals surface area contributed by atoms with Crippen LogP contribution in [0.25, 0.3) is 0 Å². The van der Waals surface area contributed by atoms with E-state index < -0.39 is 13.0 Å². The zero-order valence-electron chi connectivity index (χ0n) is 10.1. The van der Waals surface area contributed by atoms with Gasteiger partial charge in [0.2, 0.25) is 5.91 Å². The summed E-state index contributed by atoms with van der Waals surface area (Å²) in [7, 11) is 0. The number of carbonyl (C=O) groups is 1. The molecule has 0 atom stereocenters.